The molecule has 0 saturated heterocycles. The standard InChI is InChI=1S/C15H20FNO/c1-15(16)9-11-4-3-10-5-7-17-8-6-12(10)13(11)14(15)18-2/h3-4,14,17H,5-9H2,1-2H3. The van der Waals surface area contributed by atoms with Crippen LogP contribution in [0.3, 0.4) is 0 Å². The van der Waals surface area contributed by atoms with E-state index >= 15 is 0 Å². The zero-order valence-electron chi connectivity index (χ0n) is 11.1. The highest BCUT2D eigenvalue weighted by Crippen LogP contribution is 2.46. The third-order valence-corrected chi connectivity index (χ3v) is 4.25. The van der Waals surface area contributed by atoms with Crippen molar-refractivity contribution < 1.29 is 9.13 Å². The Kier molecular flexibility index (Phi) is 2.91. The largest absolute Gasteiger partial charge is 0.373 e. The molecule has 0 saturated carbocycles. The zero-order chi connectivity index (χ0) is 12.8. The van der Waals surface area contributed by atoms with Crippen molar-refractivity contribution in [2.45, 2.75) is 38.0 Å². The van der Waals surface area contributed by atoms with Crippen molar-refractivity contribution in [3.05, 3.63) is 34.4 Å². The lowest BCUT2D eigenvalue weighted by Gasteiger charge is -2.23. The van der Waals surface area contributed by atoms with Gasteiger partial charge in [0.15, 0.2) is 0 Å². The summed E-state index contributed by atoms with van der Waals surface area (Å²) in [5.74, 6) is 0. The summed E-state index contributed by atoms with van der Waals surface area (Å²) in [5, 5.41) is 3.40. The summed E-state index contributed by atoms with van der Waals surface area (Å²) in [4.78, 5) is 0. The number of hydrogen-bond acceptors (Lipinski definition) is 2. The number of fused-ring (bicyclic) bond motifs is 3. The van der Waals surface area contributed by atoms with Crippen LogP contribution in [0.2, 0.25) is 0 Å². The van der Waals surface area contributed by atoms with E-state index in [9.17, 15) is 4.39 Å². The van der Waals surface area contributed by atoms with Gasteiger partial charge in [-0.3, -0.25) is 0 Å². The molecule has 2 aliphatic rings. The summed E-state index contributed by atoms with van der Waals surface area (Å²) in [6.07, 6.45) is 2.08. The number of rotatable bonds is 1. The van der Waals surface area contributed by atoms with Gasteiger partial charge in [-0.15, -0.1) is 0 Å². The van der Waals surface area contributed by atoms with Gasteiger partial charge in [-0.25, -0.2) is 4.39 Å². The summed E-state index contributed by atoms with van der Waals surface area (Å²) < 4.78 is 20.1. The molecule has 2 unspecified atom stereocenters. The Labute approximate surface area is 108 Å². The van der Waals surface area contributed by atoms with Crippen molar-refractivity contribution in [3.63, 3.8) is 0 Å². The van der Waals surface area contributed by atoms with Crippen molar-refractivity contribution in [2.24, 2.45) is 0 Å². The first kappa shape index (κ1) is 12.1. The number of benzene rings is 1. The van der Waals surface area contributed by atoms with Gasteiger partial charge in [0, 0.05) is 13.5 Å². The van der Waals surface area contributed by atoms with Gasteiger partial charge >= 0.3 is 0 Å². The Bertz CT molecular complexity index is 470. The van der Waals surface area contributed by atoms with Gasteiger partial charge in [-0.1, -0.05) is 12.1 Å². The fourth-order valence-corrected chi connectivity index (χ4v) is 3.46. The molecule has 1 N–H and O–H groups in total. The van der Waals surface area contributed by atoms with Crippen LogP contribution in [0, 0.1) is 0 Å². The number of hydrogen-bond donors (Lipinski definition) is 1. The minimum absolute atomic E-state index is 0.402. The summed E-state index contributed by atoms with van der Waals surface area (Å²) in [5.41, 5.74) is 3.67. The molecule has 1 aliphatic heterocycles. The molecular formula is C15H20FNO. The highest BCUT2D eigenvalue weighted by atomic mass is 19.1. The maximum atomic E-state index is 14.6. The molecule has 0 radical (unpaired) electrons. The zero-order valence-corrected chi connectivity index (χ0v) is 11.1. The minimum atomic E-state index is -1.27. The molecule has 2 atom stereocenters. The number of methoxy groups -OCH3 is 1. The third kappa shape index (κ3) is 1.77. The van der Waals surface area contributed by atoms with E-state index in [1.54, 1.807) is 14.0 Å². The van der Waals surface area contributed by atoms with E-state index in [1.807, 2.05) is 0 Å². The summed E-state index contributed by atoms with van der Waals surface area (Å²) in [7, 11) is 1.62. The lowest BCUT2D eigenvalue weighted by Crippen LogP contribution is -2.25. The van der Waals surface area contributed by atoms with Crippen LogP contribution < -0.4 is 5.32 Å². The molecule has 3 rings (SSSR count). The van der Waals surface area contributed by atoms with Crippen LogP contribution >= 0.6 is 0 Å². The second-order valence-electron chi connectivity index (χ2n) is 5.60. The lowest BCUT2D eigenvalue weighted by molar-refractivity contribution is -0.0163. The Hall–Kier alpha value is -0.930. The second kappa shape index (κ2) is 4.32. The van der Waals surface area contributed by atoms with Gasteiger partial charge in [0.25, 0.3) is 0 Å². The van der Waals surface area contributed by atoms with Gasteiger partial charge < -0.3 is 10.1 Å². The number of nitrogens with one attached hydrogen (secondary N) is 1. The van der Waals surface area contributed by atoms with Crippen LogP contribution in [-0.2, 0) is 24.0 Å². The highest BCUT2D eigenvalue weighted by Gasteiger charge is 2.45. The first-order chi connectivity index (χ1) is 8.63. The Balaban J connectivity index is 2.13. The Morgan fingerprint density at radius 2 is 2.00 bits per heavy atom. The fraction of sp³-hybridized carbons (Fsp3) is 0.600. The van der Waals surface area contributed by atoms with E-state index in [0.717, 1.165) is 37.1 Å². The number of alkyl halides is 1. The van der Waals surface area contributed by atoms with Gasteiger partial charge in [-0.05, 0) is 55.1 Å². The van der Waals surface area contributed by atoms with E-state index in [2.05, 4.69) is 17.4 Å². The van der Waals surface area contributed by atoms with E-state index < -0.39 is 11.8 Å². The topological polar surface area (TPSA) is 21.3 Å². The van der Waals surface area contributed by atoms with Gasteiger partial charge in [-0.2, -0.15) is 0 Å². The molecule has 0 aromatic heterocycles. The summed E-state index contributed by atoms with van der Waals surface area (Å²) in [6, 6.07) is 4.27. The van der Waals surface area contributed by atoms with Crippen molar-refractivity contribution in [2.75, 3.05) is 20.2 Å². The molecule has 0 spiro atoms. The van der Waals surface area contributed by atoms with E-state index in [4.69, 9.17) is 4.74 Å². The quantitative estimate of drug-likeness (QED) is 0.825. The lowest BCUT2D eigenvalue weighted by atomic mass is 9.92. The molecule has 1 heterocycles. The molecule has 98 valence electrons. The maximum absolute atomic E-state index is 14.6. The normalized spacial score (nSPS) is 30.7. The highest BCUT2D eigenvalue weighted by molar-refractivity contribution is 5.48. The van der Waals surface area contributed by atoms with Crippen molar-refractivity contribution in [1.29, 1.82) is 0 Å². The first-order valence-corrected chi connectivity index (χ1v) is 6.69. The van der Waals surface area contributed by atoms with Crippen LogP contribution in [0.1, 0.15) is 35.3 Å². The van der Waals surface area contributed by atoms with Crippen LogP contribution in [0.25, 0.3) is 0 Å². The number of halogens is 1. The van der Waals surface area contributed by atoms with Crippen LogP contribution in [0.4, 0.5) is 4.39 Å². The molecule has 18 heavy (non-hydrogen) atoms. The van der Waals surface area contributed by atoms with Crippen molar-refractivity contribution >= 4 is 0 Å². The van der Waals surface area contributed by atoms with E-state index in [0.29, 0.717) is 6.42 Å². The van der Waals surface area contributed by atoms with Gasteiger partial charge in [0.2, 0.25) is 0 Å². The molecular weight excluding hydrogens is 229 g/mol. The Morgan fingerprint density at radius 1 is 1.28 bits per heavy atom. The third-order valence-electron chi connectivity index (χ3n) is 4.25. The van der Waals surface area contributed by atoms with Crippen LogP contribution in [0.15, 0.2) is 12.1 Å². The monoisotopic (exact) mass is 249 g/mol. The molecule has 1 aromatic rings. The van der Waals surface area contributed by atoms with E-state index in [1.165, 1.54) is 11.1 Å². The average Bonchev–Trinajstić information content (AvgIpc) is 2.51. The molecule has 3 heteroatoms. The van der Waals surface area contributed by atoms with Gasteiger partial charge in [0.1, 0.15) is 11.8 Å². The van der Waals surface area contributed by atoms with Crippen molar-refractivity contribution in [1.82, 2.24) is 5.32 Å². The predicted octanol–water partition coefficient (Wildman–Crippen LogP) is 2.35. The molecule has 1 aliphatic carbocycles. The number of ether oxygens (including phenoxy) is 1. The summed E-state index contributed by atoms with van der Waals surface area (Å²) in [6.45, 7) is 3.64. The van der Waals surface area contributed by atoms with Crippen LogP contribution in [-0.4, -0.2) is 25.9 Å². The predicted molar refractivity (Wildman–Crippen MR) is 69.7 cm³/mol. The molecule has 2 nitrogen and oxygen atoms in total. The SMILES string of the molecule is COC1c2c(ccc3c2CCNCC3)CC1(C)F. The minimum Gasteiger partial charge on any atom is -0.373 e. The first-order valence-electron chi connectivity index (χ1n) is 6.69. The van der Waals surface area contributed by atoms with Crippen molar-refractivity contribution in [3.8, 4) is 0 Å². The van der Waals surface area contributed by atoms with E-state index in [-0.39, 0.29) is 0 Å². The maximum Gasteiger partial charge on any atom is 0.142 e. The smallest absolute Gasteiger partial charge is 0.142 e. The fourth-order valence-electron chi connectivity index (χ4n) is 3.46. The molecule has 0 bridgehead atoms. The second-order valence-corrected chi connectivity index (χ2v) is 5.60. The summed E-state index contributed by atoms with van der Waals surface area (Å²) >= 11 is 0. The molecule has 1 aromatic carbocycles. The molecule has 0 fully saturated rings. The Morgan fingerprint density at radius 3 is 2.78 bits per heavy atom. The van der Waals surface area contributed by atoms with Crippen LogP contribution in [0.5, 0.6) is 0 Å². The average molecular weight is 249 g/mol. The van der Waals surface area contributed by atoms with Gasteiger partial charge in [0.05, 0.1) is 0 Å². The molecule has 0 amide bonds.